The molecule has 0 amide bonds. The van der Waals surface area contributed by atoms with Gasteiger partial charge in [0.1, 0.15) is 0 Å². The Bertz CT molecular complexity index is 619. The van der Waals surface area contributed by atoms with Gasteiger partial charge >= 0.3 is 5.97 Å². The third-order valence-electron chi connectivity index (χ3n) is 2.84. The fourth-order valence-corrected chi connectivity index (χ4v) is 2.05. The molecule has 0 radical (unpaired) electrons. The van der Waals surface area contributed by atoms with E-state index >= 15 is 0 Å². The van der Waals surface area contributed by atoms with Crippen LogP contribution in [0.3, 0.4) is 0 Å². The summed E-state index contributed by atoms with van der Waals surface area (Å²) < 4.78 is 10.7. The first-order chi connectivity index (χ1) is 8.77. The van der Waals surface area contributed by atoms with E-state index in [2.05, 4.69) is 0 Å². The van der Waals surface area contributed by atoms with Crippen LogP contribution in [0.2, 0.25) is 0 Å². The number of aromatic carboxylic acids is 1. The SMILES string of the molecule is O=C(O)c1ccccc1-c1cccc2c1OCO2. The van der Waals surface area contributed by atoms with E-state index in [9.17, 15) is 9.90 Å². The summed E-state index contributed by atoms with van der Waals surface area (Å²) in [5, 5.41) is 9.20. The lowest BCUT2D eigenvalue weighted by atomic mass is 9.98. The van der Waals surface area contributed by atoms with Crippen molar-refractivity contribution in [2.75, 3.05) is 6.79 Å². The van der Waals surface area contributed by atoms with E-state index in [0.717, 1.165) is 5.56 Å². The third-order valence-corrected chi connectivity index (χ3v) is 2.84. The van der Waals surface area contributed by atoms with Crippen LogP contribution in [0.5, 0.6) is 11.5 Å². The Morgan fingerprint density at radius 2 is 1.78 bits per heavy atom. The molecule has 1 aliphatic heterocycles. The second kappa shape index (κ2) is 4.07. The number of carbonyl (C=O) groups is 1. The number of hydrogen-bond acceptors (Lipinski definition) is 3. The molecule has 0 saturated carbocycles. The van der Waals surface area contributed by atoms with E-state index in [1.165, 1.54) is 0 Å². The zero-order valence-corrected chi connectivity index (χ0v) is 9.42. The lowest BCUT2D eigenvalue weighted by Gasteiger charge is -2.08. The van der Waals surface area contributed by atoms with Crippen molar-refractivity contribution in [1.29, 1.82) is 0 Å². The highest BCUT2D eigenvalue weighted by molar-refractivity contribution is 5.97. The zero-order chi connectivity index (χ0) is 12.5. The maximum absolute atomic E-state index is 11.2. The highest BCUT2D eigenvalue weighted by atomic mass is 16.7. The Morgan fingerprint density at radius 1 is 1.00 bits per heavy atom. The summed E-state index contributed by atoms with van der Waals surface area (Å²) in [4.78, 5) is 11.2. The molecule has 4 heteroatoms. The van der Waals surface area contributed by atoms with Crippen molar-refractivity contribution in [3.05, 3.63) is 48.0 Å². The summed E-state index contributed by atoms with van der Waals surface area (Å²) in [6.07, 6.45) is 0. The van der Waals surface area contributed by atoms with Gasteiger partial charge in [0, 0.05) is 11.1 Å². The fraction of sp³-hybridized carbons (Fsp3) is 0.0714. The second-order valence-corrected chi connectivity index (χ2v) is 3.89. The van der Waals surface area contributed by atoms with Gasteiger partial charge in [-0.1, -0.05) is 30.3 Å². The van der Waals surface area contributed by atoms with Gasteiger partial charge < -0.3 is 14.6 Å². The summed E-state index contributed by atoms with van der Waals surface area (Å²) in [5.74, 6) is 0.293. The van der Waals surface area contributed by atoms with Crippen molar-refractivity contribution in [2.24, 2.45) is 0 Å². The third kappa shape index (κ3) is 1.59. The van der Waals surface area contributed by atoms with Crippen LogP contribution < -0.4 is 9.47 Å². The van der Waals surface area contributed by atoms with Crippen molar-refractivity contribution in [3.8, 4) is 22.6 Å². The molecule has 0 aromatic heterocycles. The summed E-state index contributed by atoms with van der Waals surface area (Å²) in [5.41, 5.74) is 1.62. The highest BCUT2D eigenvalue weighted by Gasteiger charge is 2.21. The van der Waals surface area contributed by atoms with Gasteiger partial charge in [0.25, 0.3) is 0 Å². The first-order valence-corrected chi connectivity index (χ1v) is 5.48. The molecule has 1 aliphatic rings. The number of para-hydroxylation sites is 1. The molecular formula is C14H10O4. The number of rotatable bonds is 2. The summed E-state index contributed by atoms with van der Waals surface area (Å²) in [7, 11) is 0. The molecule has 0 aliphatic carbocycles. The molecular weight excluding hydrogens is 232 g/mol. The van der Waals surface area contributed by atoms with E-state index < -0.39 is 5.97 Å². The van der Waals surface area contributed by atoms with Crippen LogP contribution in [0, 0.1) is 0 Å². The number of benzene rings is 2. The molecule has 2 aromatic rings. The molecule has 0 fully saturated rings. The lowest BCUT2D eigenvalue weighted by Crippen LogP contribution is -1.99. The molecule has 1 heterocycles. The average molecular weight is 242 g/mol. The Labute approximate surface area is 103 Å². The first kappa shape index (κ1) is 10.7. The lowest BCUT2D eigenvalue weighted by molar-refractivity contribution is 0.0697. The molecule has 4 nitrogen and oxygen atoms in total. The molecule has 0 saturated heterocycles. The van der Waals surface area contributed by atoms with Crippen molar-refractivity contribution >= 4 is 5.97 Å². The average Bonchev–Trinajstić information content (AvgIpc) is 2.86. The first-order valence-electron chi connectivity index (χ1n) is 5.48. The monoisotopic (exact) mass is 242 g/mol. The maximum Gasteiger partial charge on any atom is 0.336 e. The molecule has 1 N–H and O–H groups in total. The van der Waals surface area contributed by atoms with Crippen LogP contribution in [0.25, 0.3) is 11.1 Å². The molecule has 0 atom stereocenters. The summed E-state index contributed by atoms with van der Waals surface area (Å²) >= 11 is 0. The number of fused-ring (bicyclic) bond motifs is 1. The number of ether oxygens (including phenoxy) is 2. The van der Waals surface area contributed by atoms with E-state index in [-0.39, 0.29) is 12.4 Å². The Morgan fingerprint density at radius 3 is 2.61 bits per heavy atom. The number of carboxylic acid groups (broad SMARTS) is 1. The minimum absolute atomic E-state index is 0.168. The Balaban J connectivity index is 2.22. The Hall–Kier alpha value is -2.49. The van der Waals surface area contributed by atoms with E-state index in [4.69, 9.17) is 9.47 Å². The minimum atomic E-state index is -0.956. The highest BCUT2D eigenvalue weighted by Crippen LogP contribution is 2.42. The van der Waals surface area contributed by atoms with Gasteiger partial charge in [0.15, 0.2) is 11.5 Å². The molecule has 3 rings (SSSR count). The van der Waals surface area contributed by atoms with Crippen LogP contribution >= 0.6 is 0 Å². The van der Waals surface area contributed by atoms with Gasteiger partial charge in [0.2, 0.25) is 6.79 Å². The molecule has 18 heavy (non-hydrogen) atoms. The van der Waals surface area contributed by atoms with Crippen molar-refractivity contribution in [1.82, 2.24) is 0 Å². The van der Waals surface area contributed by atoms with E-state index in [0.29, 0.717) is 17.1 Å². The number of carboxylic acids is 1. The topological polar surface area (TPSA) is 55.8 Å². The standard InChI is InChI=1S/C14H10O4/c15-14(16)11-5-2-1-4-9(11)10-6-3-7-12-13(10)18-8-17-12/h1-7H,8H2,(H,15,16). The van der Waals surface area contributed by atoms with Gasteiger partial charge in [0.05, 0.1) is 5.56 Å². The van der Waals surface area contributed by atoms with Crippen LogP contribution in [0.1, 0.15) is 10.4 Å². The van der Waals surface area contributed by atoms with E-state index in [1.54, 1.807) is 30.3 Å². The normalized spacial score (nSPS) is 12.4. The summed E-state index contributed by atoms with van der Waals surface area (Å²) in [6.45, 7) is 0.168. The largest absolute Gasteiger partial charge is 0.478 e. The van der Waals surface area contributed by atoms with Gasteiger partial charge in [-0.05, 0) is 12.1 Å². The molecule has 90 valence electrons. The molecule has 2 aromatic carbocycles. The van der Waals surface area contributed by atoms with Crippen LogP contribution in [-0.2, 0) is 0 Å². The second-order valence-electron chi connectivity index (χ2n) is 3.89. The smallest absolute Gasteiger partial charge is 0.336 e. The number of hydrogen-bond donors (Lipinski definition) is 1. The quantitative estimate of drug-likeness (QED) is 0.879. The minimum Gasteiger partial charge on any atom is -0.478 e. The van der Waals surface area contributed by atoms with Gasteiger partial charge in [-0.15, -0.1) is 0 Å². The Kier molecular flexibility index (Phi) is 2.41. The van der Waals surface area contributed by atoms with Crippen LogP contribution in [-0.4, -0.2) is 17.9 Å². The molecule has 0 spiro atoms. The van der Waals surface area contributed by atoms with Crippen molar-refractivity contribution in [2.45, 2.75) is 0 Å². The predicted molar refractivity (Wildman–Crippen MR) is 65.0 cm³/mol. The molecule has 0 bridgehead atoms. The van der Waals surface area contributed by atoms with Crippen molar-refractivity contribution < 1.29 is 19.4 Å². The maximum atomic E-state index is 11.2. The fourth-order valence-electron chi connectivity index (χ4n) is 2.05. The summed E-state index contributed by atoms with van der Waals surface area (Å²) in [6, 6.07) is 12.3. The zero-order valence-electron chi connectivity index (χ0n) is 9.42. The van der Waals surface area contributed by atoms with Crippen LogP contribution in [0.4, 0.5) is 0 Å². The van der Waals surface area contributed by atoms with Crippen molar-refractivity contribution in [3.63, 3.8) is 0 Å². The molecule has 0 unspecified atom stereocenters. The van der Waals surface area contributed by atoms with Gasteiger partial charge in [-0.25, -0.2) is 4.79 Å². The van der Waals surface area contributed by atoms with Crippen LogP contribution in [0.15, 0.2) is 42.5 Å². The predicted octanol–water partition coefficient (Wildman–Crippen LogP) is 2.78. The van der Waals surface area contributed by atoms with Gasteiger partial charge in [-0.3, -0.25) is 0 Å². The van der Waals surface area contributed by atoms with Gasteiger partial charge in [-0.2, -0.15) is 0 Å². The van der Waals surface area contributed by atoms with E-state index in [1.807, 2.05) is 12.1 Å².